The Morgan fingerprint density at radius 1 is 0.950 bits per heavy atom. The lowest BCUT2D eigenvalue weighted by Crippen LogP contribution is -2.55. The van der Waals surface area contributed by atoms with Gasteiger partial charge in [-0.2, -0.15) is 0 Å². The molecular formula is C17H37N3. The van der Waals surface area contributed by atoms with Crippen LogP contribution < -0.4 is 5.32 Å². The third-order valence-electron chi connectivity index (χ3n) is 4.13. The maximum atomic E-state index is 3.61. The van der Waals surface area contributed by atoms with Gasteiger partial charge in [0.05, 0.1) is 0 Å². The molecule has 1 aliphatic heterocycles. The van der Waals surface area contributed by atoms with Gasteiger partial charge in [-0.25, -0.2) is 0 Å². The number of nitrogens with zero attached hydrogens (tertiary/aromatic N) is 2. The van der Waals surface area contributed by atoms with Gasteiger partial charge in [-0.15, -0.1) is 0 Å². The molecule has 0 saturated carbocycles. The molecule has 1 rings (SSSR count). The third-order valence-corrected chi connectivity index (χ3v) is 4.13. The van der Waals surface area contributed by atoms with E-state index in [1.165, 1.54) is 32.7 Å². The fourth-order valence-corrected chi connectivity index (χ4v) is 2.94. The maximum Gasteiger partial charge on any atom is 0.0126 e. The fraction of sp³-hybridized carbons (Fsp3) is 1.00. The SMILES string of the molecule is CC(C)CNCC(C)(C)CN1CCN(C(C)(C)C)CC1. The lowest BCUT2D eigenvalue weighted by Gasteiger charge is -2.44. The van der Waals surface area contributed by atoms with E-state index in [4.69, 9.17) is 0 Å². The van der Waals surface area contributed by atoms with Crippen LogP contribution in [0.5, 0.6) is 0 Å². The zero-order chi connectivity index (χ0) is 15.4. The van der Waals surface area contributed by atoms with Crippen LogP contribution in [-0.2, 0) is 0 Å². The number of nitrogens with one attached hydrogen (secondary N) is 1. The summed E-state index contributed by atoms with van der Waals surface area (Å²) in [4.78, 5) is 5.24. The summed E-state index contributed by atoms with van der Waals surface area (Å²) in [6.07, 6.45) is 0. The number of rotatable bonds is 6. The van der Waals surface area contributed by atoms with Crippen molar-refractivity contribution in [1.82, 2.24) is 15.1 Å². The van der Waals surface area contributed by atoms with E-state index < -0.39 is 0 Å². The molecule has 0 radical (unpaired) electrons. The minimum atomic E-state index is 0.320. The molecule has 0 aromatic rings. The molecule has 0 aromatic heterocycles. The first kappa shape index (κ1) is 17.9. The van der Waals surface area contributed by atoms with Crippen LogP contribution >= 0.6 is 0 Å². The van der Waals surface area contributed by atoms with Crippen molar-refractivity contribution in [2.45, 2.75) is 54.0 Å². The van der Waals surface area contributed by atoms with Crippen LogP contribution in [-0.4, -0.2) is 61.2 Å². The van der Waals surface area contributed by atoms with E-state index >= 15 is 0 Å². The van der Waals surface area contributed by atoms with Crippen molar-refractivity contribution in [2.24, 2.45) is 11.3 Å². The van der Waals surface area contributed by atoms with E-state index in [2.05, 4.69) is 63.6 Å². The van der Waals surface area contributed by atoms with Crippen molar-refractivity contribution in [3.63, 3.8) is 0 Å². The zero-order valence-corrected chi connectivity index (χ0v) is 14.9. The van der Waals surface area contributed by atoms with Gasteiger partial charge in [0, 0.05) is 44.8 Å². The molecule has 120 valence electrons. The Labute approximate surface area is 127 Å². The van der Waals surface area contributed by atoms with Crippen LogP contribution in [0.1, 0.15) is 48.5 Å². The lowest BCUT2D eigenvalue weighted by molar-refractivity contribution is 0.0454. The summed E-state index contributed by atoms with van der Waals surface area (Å²) in [6.45, 7) is 24.6. The Hall–Kier alpha value is -0.120. The van der Waals surface area contributed by atoms with Crippen LogP contribution in [0.15, 0.2) is 0 Å². The van der Waals surface area contributed by atoms with Gasteiger partial charge in [0.2, 0.25) is 0 Å². The highest BCUT2D eigenvalue weighted by molar-refractivity contribution is 4.84. The van der Waals surface area contributed by atoms with Crippen molar-refractivity contribution in [3.8, 4) is 0 Å². The van der Waals surface area contributed by atoms with Gasteiger partial charge in [0.15, 0.2) is 0 Å². The van der Waals surface area contributed by atoms with Crippen molar-refractivity contribution in [3.05, 3.63) is 0 Å². The average Bonchev–Trinajstić information content (AvgIpc) is 2.26. The normalized spacial score (nSPS) is 19.8. The van der Waals surface area contributed by atoms with Crippen LogP contribution in [0, 0.1) is 11.3 Å². The molecule has 0 amide bonds. The number of hydrogen-bond donors (Lipinski definition) is 1. The molecule has 1 saturated heterocycles. The van der Waals surface area contributed by atoms with Gasteiger partial charge in [0.1, 0.15) is 0 Å². The summed E-state index contributed by atoms with van der Waals surface area (Å²) in [5, 5.41) is 3.61. The monoisotopic (exact) mass is 283 g/mol. The van der Waals surface area contributed by atoms with E-state index in [0.717, 1.165) is 19.0 Å². The first-order valence-corrected chi connectivity index (χ1v) is 8.28. The van der Waals surface area contributed by atoms with Crippen molar-refractivity contribution < 1.29 is 0 Å². The fourth-order valence-electron chi connectivity index (χ4n) is 2.94. The molecule has 1 fully saturated rings. The summed E-state index contributed by atoms with van der Waals surface area (Å²) in [6, 6.07) is 0. The van der Waals surface area contributed by atoms with Crippen LogP contribution in [0.25, 0.3) is 0 Å². The molecule has 1 N–H and O–H groups in total. The van der Waals surface area contributed by atoms with E-state index in [1.807, 2.05) is 0 Å². The second-order valence-electron chi connectivity index (χ2n) is 8.62. The summed E-state index contributed by atoms with van der Waals surface area (Å²) in [7, 11) is 0. The molecule has 0 bridgehead atoms. The predicted octanol–water partition coefficient (Wildman–Crippen LogP) is 2.67. The Morgan fingerprint density at radius 2 is 1.50 bits per heavy atom. The summed E-state index contributed by atoms with van der Waals surface area (Å²) < 4.78 is 0. The predicted molar refractivity (Wildman–Crippen MR) is 89.3 cm³/mol. The molecule has 1 aliphatic rings. The van der Waals surface area contributed by atoms with Gasteiger partial charge >= 0.3 is 0 Å². The lowest BCUT2D eigenvalue weighted by atomic mass is 9.92. The first-order valence-electron chi connectivity index (χ1n) is 8.28. The molecule has 0 spiro atoms. The summed E-state index contributed by atoms with van der Waals surface area (Å²) in [5.41, 5.74) is 0.680. The Morgan fingerprint density at radius 3 is 1.95 bits per heavy atom. The first-order chi connectivity index (χ1) is 9.10. The van der Waals surface area contributed by atoms with Gasteiger partial charge in [0.25, 0.3) is 0 Å². The van der Waals surface area contributed by atoms with Crippen LogP contribution in [0.2, 0.25) is 0 Å². The second kappa shape index (κ2) is 7.24. The van der Waals surface area contributed by atoms with E-state index in [-0.39, 0.29) is 0 Å². The minimum Gasteiger partial charge on any atom is -0.316 e. The van der Waals surface area contributed by atoms with E-state index in [9.17, 15) is 0 Å². The standard InChI is InChI=1S/C17H37N3/c1-15(2)12-18-13-17(6,7)14-19-8-10-20(11-9-19)16(3,4)5/h15,18H,8-14H2,1-7H3. The van der Waals surface area contributed by atoms with Gasteiger partial charge < -0.3 is 10.2 Å². The summed E-state index contributed by atoms with van der Waals surface area (Å²) >= 11 is 0. The smallest absolute Gasteiger partial charge is 0.0126 e. The average molecular weight is 284 g/mol. The molecule has 3 nitrogen and oxygen atoms in total. The van der Waals surface area contributed by atoms with Crippen molar-refractivity contribution >= 4 is 0 Å². The topological polar surface area (TPSA) is 18.5 Å². The number of piperazine rings is 1. The van der Waals surface area contributed by atoms with Crippen LogP contribution in [0.4, 0.5) is 0 Å². The molecule has 1 heterocycles. The maximum absolute atomic E-state index is 3.61. The zero-order valence-electron chi connectivity index (χ0n) is 14.9. The van der Waals surface area contributed by atoms with E-state index in [0.29, 0.717) is 11.0 Å². The second-order valence-corrected chi connectivity index (χ2v) is 8.62. The third kappa shape index (κ3) is 6.55. The number of hydrogen-bond acceptors (Lipinski definition) is 3. The minimum absolute atomic E-state index is 0.320. The van der Waals surface area contributed by atoms with Crippen LogP contribution in [0.3, 0.4) is 0 Å². The Balaban J connectivity index is 2.31. The van der Waals surface area contributed by atoms with Gasteiger partial charge in [-0.1, -0.05) is 27.7 Å². The van der Waals surface area contributed by atoms with Gasteiger partial charge in [-0.05, 0) is 38.6 Å². The Bertz CT molecular complexity index is 270. The molecule has 20 heavy (non-hydrogen) atoms. The van der Waals surface area contributed by atoms with Crippen molar-refractivity contribution in [2.75, 3.05) is 45.8 Å². The van der Waals surface area contributed by atoms with E-state index in [1.54, 1.807) is 0 Å². The molecular weight excluding hydrogens is 246 g/mol. The molecule has 0 aromatic carbocycles. The highest BCUT2D eigenvalue weighted by Crippen LogP contribution is 2.20. The van der Waals surface area contributed by atoms with Gasteiger partial charge in [-0.3, -0.25) is 4.90 Å². The summed E-state index contributed by atoms with van der Waals surface area (Å²) in [5.74, 6) is 0.737. The Kier molecular flexibility index (Phi) is 6.49. The van der Waals surface area contributed by atoms with Crippen molar-refractivity contribution in [1.29, 1.82) is 0 Å². The quantitative estimate of drug-likeness (QED) is 0.808. The highest BCUT2D eigenvalue weighted by atomic mass is 15.3. The largest absolute Gasteiger partial charge is 0.316 e. The highest BCUT2D eigenvalue weighted by Gasteiger charge is 2.28. The molecule has 0 atom stereocenters. The molecule has 0 unspecified atom stereocenters. The molecule has 3 heteroatoms. The molecule has 0 aliphatic carbocycles.